The Morgan fingerprint density at radius 1 is 1.28 bits per heavy atom. The zero-order chi connectivity index (χ0) is 13.1. The van der Waals surface area contributed by atoms with Gasteiger partial charge in [0.05, 0.1) is 12.5 Å². The smallest absolute Gasteiger partial charge is 0.229 e. The molecule has 2 aromatic rings. The Balaban J connectivity index is 2.13. The molecule has 1 N–H and O–H groups in total. The molecule has 1 aromatic carbocycles. The lowest BCUT2D eigenvalue weighted by Gasteiger charge is -2.10. The van der Waals surface area contributed by atoms with Gasteiger partial charge in [-0.15, -0.1) is 0 Å². The largest absolute Gasteiger partial charge is 0.392 e. The van der Waals surface area contributed by atoms with Gasteiger partial charge >= 0.3 is 0 Å². The first kappa shape index (κ1) is 12.7. The number of halogens is 1. The van der Waals surface area contributed by atoms with E-state index in [4.69, 9.17) is 4.52 Å². The first-order valence-corrected chi connectivity index (χ1v) is 5.83. The number of hydrogen-bond acceptors (Lipinski definition) is 4. The molecular weight excluding hydrogens is 235 g/mol. The van der Waals surface area contributed by atoms with Crippen LogP contribution in [-0.2, 0) is 6.42 Å². The van der Waals surface area contributed by atoms with Crippen LogP contribution < -0.4 is 0 Å². The predicted molar refractivity (Wildman–Crippen MR) is 64.2 cm³/mol. The number of rotatable bonds is 4. The van der Waals surface area contributed by atoms with E-state index in [1.165, 1.54) is 12.1 Å². The Hall–Kier alpha value is -1.75. The third-order valence-corrected chi connectivity index (χ3v) is 2.72. The number of nitrogens with zero attached hydrogens (tertiary/aromatic N) is 2. The summed E-state index contributed by atoms with van der Waals surface area (Å²) in [6.07, 6.45) is -0.183. The third kappa shape index (κ3) is 2.92. The van der Waals surface area contributed by atoms with Crippen molar-refractivity contribution in [3.63, 3.8) is 0 Å². The van der Waals surface area contributed by atoms with Gasteiger partial charge in [0.15, 0.2) is 0 Å². The van der Waals surface area contributed by atoms with Crippen LogP contribution in [0.25, 0.3) is 11.4 Å². The summed E-state index contributed by atoms with van der Waals surface area (Å²) in [6.45, 7) is 3.84. The van der Waals surface area contributed by atoms with E-state index in [1.54, 1.807) is 12.1 Å². The lowest BCUT2D eigenvalue weighted by Crippen LogP contribution is -2.17. The minimum atomic E-state index is -0.508. The molecule has 0 aliphatic carbocycles. The quantitative estimate of drug-likeness (QED) is 0.905. The van der Waals surface area contributed by atoms with Gasteiger partial charge in [-0.05, 0) is 30.2 Å². The van der Waals surface area contributed by atoms with E-state index in [0.717, 1.165) is 0 Å². The second-order valence-electron chi connectivity index (χ2n) is 4.53. The Morgan fingerprint density at radius 3 is 2.56 bits per heavy atom. The molecule has 1 unspecified atom stereocenters. The Kier molecular flexibility index (Phi) is 3.72. The maximum atomic E-state index is 12.8. The van der Waals surface area contributed by atoms with E-state index in [2.05, 4.69) is 10.1 Å². The Morgan fingerprint density at radius 2 is 1.94 bits per heavy atom. The van der Waals surface area contributed by atoms with Crippen LogP contribution in [0.1, 0.15) is 19.7 Å². The van der Waals surface area contributed by atoms with Crippen molar-refractivity contribution in [3.05, 3.63) is 36.0 Å². The number of benzene rings is 1. The normalized spacial score (nSPS) is 12.9. The van der Waals surface area contributed by atoms with E-state index in [1.807, 2.05) is 13.8 Å². The van der Waals surface area contributed by atoms with Gasteiger partial charge in [0.25, 0.3) is 0 Å². The summed E-state index contributed by atoms with van der Waals surface area (Å²) in [4.78, 5) is 4.17. The monoisotopic (exact) mass is 250 g/mol. The maximum Gasteiger partial charge on any atom is 0.229 e. The molecule has 96 valence electrons. The minimum absolute atomic E-state index is 0.131. The molecule has 1 aromatic heterocycles. The highest BCUT2D eigenvalue weighted by molar-refractivity contribution is 5.53. The Labute approximate surface area is 104 Å². The van der Waals surface area contributed by atoms with Crippen molar-refractivity contribution < 1.29 is 14.0 Å². The van der Waals surface area contributed by atoms with E-state index >= 15 is 0 Å². The zero-order valence-corrected chi connectivity index (χ0v) is 10.3. The van der Waals surface area contributed by atoms with Crippen molar-refractivity contribution in [1.82, 2.24) is 10.1 Å². The van der Waals surface area contributed by atoms with Crippen molar-refractivity contribution in [2.45, 2.75) is 26.4 Å². The van der Waals surface area contributed by atoms with Gasteiger partial charge in [0.1, 0.15) is 5.82 Å². The van der Waals surface area contributed by atoms with E-state index in [9.17, 15) is 9.50 Å². The van der Waals surface area contributed by atoms with Crippen molar-refractivity contribution >= 4 is 0 Å². The molecule has 0 bridgehead atoms. The average Bonchev–Trinajstić information content (AvgIpc) is 2.78. The summed E-state index contributed by atoms with van der Waals surface area (Å²) in [5.74, 6) is 0.611. The van der Waals surface area contributed by atoms with Gasteiger partial charge in [0, 0.05) is 5.56 Å². The van der Waals surface area contributed by atoms with Gasteiger partial charge < -0.3 is 9.63 Å². The number of aromatic nitrogens is 2. The lowest BCUT2D eigenvalue weighted by atomic mass is 10.0. The summed E-state index contributed by atoms with van der Waals surface area (Å²) in [5.41, 5.74) is 0.686. The molecule has 0 fully saturated rings. The highest BCUT2D eigenvalue weighted by Gasteiger charge is 2.15. The second-order valence-corrected chi connectivity index (χ2v) is 4.53. The van der Waals surface area contributed by atoms with Gasteiger partial charge in [-0.25, -0.2) is 4.39 Å². The zero-order valence-electron chi connectivity index (χ0n) is 10.3. The van der Waals surface area contributed by atoms with E-state index < -0.39 is 6.10 Å². The van der Waals surface area contributed by atoms with Crippen LogP contribution in [0, 0.1) is 11.7 Å². The molecule has 18 heavy (non-hydrogen) atoms. The fourth-order valence-corrected chi connectivity index (χ4v) is 1.47. The van der Waals surface area contributed by atoms with Crippen molar-refractivity contribution in [3.8, 4) is 11.4 Å². The van der Waals surface area contributed by atoms with Crippen LogP contribution in [0.5, 0.6) is 0 Å². The van der Waals surface area contributed by atoms with Crippen LogP contribution in [-0.4, -0.2) is 21.4 Å². The third-order valence-electron chi connectivity index (χ3n) is 2.72. The summed E-state index contributed by atoms with van der Waals surface area (Å²) >= 11 is 0. The van der Waals surface area contributed by atoms with Crippen LogP contribution >= 0.6 is 0 Å². The SMILES string of the molecule is CC(C)C(O)Cc1nc(-c2ccc(F)cc2)no1. The standard InChI is InChI=1S/C13H15FN2O2/c1-8(2)11(17)7-12-15-13(16-18-12)9-3-5-10(14)6-4-9/h3-6,8,11,17H,7H2,1-2H3. The molecule has 1 atom stereocenters. The molecule has 5 heteroatoms. The molecule has 0 amide bonds. The summed E-state index contributed by atoms with van der Waals surface area (Å²) in [7, 11) is 0. The fourth-order valence-electron chi connectivity index (χ4n) is 1.47. The molecule has 0 saturated heterocycles. The van der Waals surface area contributed by atoms with Gasteiger partial charge in [0.2, 0.25) is 11.7 Å². The number of aliphatic hydroxyl groups is 1. The summed E-state index contributed by atoms with van der Waals surface area (Å²) in [6, 6.07) is 5.86. The number of hydrogen-bond donors (Lipinski definition) is 1. The molecule has 0 aliphatic heterocycles. The van der Waals surface area contributed by atoms with Crippen molar-refractivity contribution in [2.24, 2.45) is 5.92 Å². The van der Waals surface area contributed by atoms with Crippen LogP contribution in [0.15, 0.2) is 28.8 Å². The van der Waals surface area contributed by atoms with Gasteiger partial charge in [-0.3, -0.25) is 0 Å². The second kappa shape index (κ2) is 5.27. The van der Waals surface area contributed by atoms with Gasteiger partial charge in [-0.2, -0.15) is 4.98 Å². The Bertz CT molecular complexity index is 508. The lowest BCUT2D eigenvalue weighted by molar-refractivity contribution is 0.116. The summed E-state index contributed by atoms with van der Waals surface area (Å²) < 4.78 is 17.8. The van der Waals surface area contributed by atoms with E-state index in [-0.39, 0.29) is 11.7 Å². The minimum Gasteiger partial charge on any atom is -0.392 e. The highest BCUT2D eigenvalue weighted by atomic mass is 19.1. The molecule has 4 nitrogen and oxygen atoms in total. The highest BCUT2D eigenvalue weighted by Crippen LogP contribution is 2.17. The van der Waals surface area contributed by atoms with Crippen molar-refractivity contribution in [2.75, 3.05) is 0 Å². The molecule has 0 saturated carbocycles. The molecule has 0 spiro atoms. The van der Waals surface area contributed by atoms with Crippen LogP contribution in [0.4, 0.5) is 4.39 Å². The first-order chi connectivity index (χ1) is 8.56. The van der Waals surface area contributed by atoms with Crippen molar-refractivity contribution in [1.29, 1.82) is 0 Å². The maximum absolute atomic E-state index is 12.8. The molecule has 0 aliphatic rings. The topological polar surface area (TPSA) is 59.2 Å². The number of aliphatic hydroxyl groups excluding tert-OH is 1. The average molecular weight is 250 g/mol. The molecule has 0 radical (unpaired) electrons. The molecular formula is C13H15FN2O2. The fraction of sp³-hybridized carbons (Fsp3) is 0.385. The van der Waals surface area contributed by atoms with E-state index in [0.29, 0.717) is 23.7 Å². The van der Waals surface area contributed by atoms with Crippen LogP contribution in [0.2, 0.25) is 0 Å². The molecule has 2 rings (SSSR count). The molecule has 1 heterocycles. The first-order valence-electron chi connectivity index (χ1n) is 5.83. The predicted octanol–water partition coefficient (Wildman–Crippen LogP) is 2.44. The van der Waals surface area contributed by atoms with Gasteiger partial charge in [-0.1, -0.05) is 19.0 Å². The van der Waals surface area contributed by atoms with Crippen LogP contribution in [0.3, 0.4) is 0 Å². The summed E-state index contributed by atoms with van der Waals surface area (Å²) in [5, 5.41) is 13.5.